The van der Waals surface area contributed by atoms with Gasteiger partial charge in [0.25, 0.3) is 0 Å². The molecule has 0 aliphatic carbocycles. The minimum absolute atomic E-state index is 0.133. The molecule has 0 saturated carbocycles. The number of carbonyl (C=O) groups is 1. The molecule has 0 N–H and O–H groups in total. The van der Waals surface area contributed by atoms with Gasteiger partial charge in [0.1, 0.15) is 11.4 Å². The van der Waals surface area contributed by atoms with Gasteiger partial charge in [0, 0.05) is 22.4 Å². The summed E-state index contributed by atoms with van der Waals surface area (Å²) in [5, 5.41) is 1.26. The van der Waals surface area contributed by atoms with E-state index >= 15 is 0 Å². The first-order valence-corrected chi connectivity index (χ1v) is 6.88. The van der Waals surface area contributed by atoms with E-state index in [4.69, 9.17) is 16.0 Å². The monoisotopic (exact) mass is 302 g/mol. The maximum absolute atomic E-state index is 13.3. The standard InChI is InChI=1S/C17H12ClFO2/c1-10-14-9-13(19)6-7-16(14)21-17(10)15(20)8-11-2-4-12(18)5-3-11/h2-7,9H,8H2,1H3. The molecule has 0 unspecified atom stereocenters. The van der Waals surface area contributed by atoms with Crippen LogP contribution in [0.3, 0.4) is 0 Å². The number of ketones is 1. The predicted molar refractivity (Wildman–Crippen MR) is 80.4 cm³/mol. The number of benzene rings is 2. The van der Waals surface area contributed by atoms with Crippen LogP contribution in [0, 0.1) is 12.7 Å². The maximum Gasteiger partial charge on any atom is 0.202 e. The number of rotatable bonds is 3. The Bertz CT molecular complexity index is 819. The Balaban J connectivity index is 1.94. The third-order valence-corrected chi connectivity index (χ3v) is 3.68. The van der Waals surface area contributed by atoms with Crippen LogP contribution < -0.4 is 0 Å². The van der Waals surface area contributed by atoms with Crippen LogP contribution in [0.15, 0.2) is 46.9 Å². The summed E-state index contributed by atoms with van der Waals surface area (Å²) < 4.78 is 18.8. The van der Waals surface area contributed by atoms with E-state index in [2.05, 4.69) is 0 Å². The third kappa shape index (κ3) is 2.69. The Labute approximate surface area is 126 Å². The second-order valence-corrected chi connectivity index (χ2v) is 5.36. The average Bonchev–Trinajstić information content (AvgIpc) is 2.79. The van der Waals surface area contributed by atoms with Crippen molar-refractivity contribution in [3.05, 3.63) is 70.2 Å². The summed E-state index contributed by atoms with van der Waals surface area (Å²) in [5.41, 5.74) is 2.05. The molecule has 1 aromatic heterocycles. The lowest BCUT2D eigenvalue weighted by molar-refractivity contribution is 0.0967. The van der Waals surface area contributed by atoms with Gasteiger partial charge in [-0.3, -0.25) is 4.79 Å². The van der Waals surface area contributed by atoms with Gasteiger partial charge in [0.2, 0.25) is 5.78 Å². The van der Waals surface area contributed by atoms with Crippen molar-refractivity contribution in [1.82, 2.24) is 0 Å². The van der Waals surface area contributed by atoms with E-state index in [-0.39, 0.29) is 23.8 Å². The maximum atomic E-state index is 13.3. The average molecular weight is 303 g/mol. The number of furan rings is 1. The topological polar surface area (TPSA) is 30.2 Å². The number of fused-ring (bicyclic) bond motifs is 1. The largest absolute Gasteiger partial charge is 0.453 e. The van der Waals surface area contributed by atoms with E-state index in [1.165, 1.54) is 18.2 Å². The Morgan fingerprint density at radius 2 is 1.90 bits per heavy atom. The third-order valence-electron chi connectivity index (χ3n) is 3.43. The molecule has 0 bridgehead atoms. The van der Waals surface area contributed by atoms with E-state index in [0.29, 0.717) is 21.6 Å². The van der Waals surface area contributed by atoms with Crippen LogP contribution >= 0.6 is 11.6 Å². The Morgan fingerprint density at radius 1 is 1.19 bits per heavy atom. The zero-order chi connectivity index (χ0) is 15.0. The summed E-state index contributed by atoms with van der Waals surface area (Å²) in [4.78, 5) is 12.4. The van der Waals surface area contributed by atoms with Crippen molar-refractivity contribution in [2.45, 2.75) is 13.3 Å². The molecule has 2 aromatic carbocycles. The molecule has 0 saturated heterocycles. The molecule has 4 heteroatoms. The van der Waals surface area contributed by atoms with Crippen LogP contribution in [-0.2, 0) is 6.42 Å². The van der Waals surface area contributed by atoms with Gasteiger partial charge < -0.3 is 4.42 Å². The number of halogens is 2. The van der Waals surface area contributed by atoms with Gasteiger partial charge in [0.15, 0.2) is 5.76 Å². The van der Waals surface area contributed by atoms with Gasteiger partial charge in [0.05, 0.1) is 0 Å². The quantitative estimate of drug-likeness (QED) is 0.640. The van der Waals surface area contributed by atoms with Gasteiger partial charge in [-0.05, 0) is 42.8 Å². The van der Waals surface area contributed by atoms with Gasteiger partial charge in [-0.15, -0.1) is 0 Å². The van der Waals surface area contributed by atoms with Crippen LogP contribution in [0.2, 0.25) is 5.02 Å². The second kappa shape index (κ2) is 5.34. The first kappa shape index (κ1) is 13.8. The number of carbonyl (C=O) groups excluding carboxylic acids is 1. The zero-order valence-corrected chi connectivity index (χ0v) is 12.1. The fourth-order valence-corrected chi connectivity index (χ4v) is 2.45. The molecule has 0 fully saturated rings. The zero-order valence-electron chi connectivity index (χ0n) is 11.3. The molecule has 2 nitrogen and oxygen atoms in total. The molecule has 0 spiro atoms. The summed E-state index contributed by atoms with van der Waals surface area (Å²) in [5.74, 6) is -0.194. The summed E-state index contributed by atoms with van der Waals surface area (Å²) in [6.45, 7) is 1.76. The lowest BCUT2D eigenvalue weighted by atomic mass is 10.0. The number of hydrogen-bond donors (Lipinski definition) is 0. The highest BCUT2D eigenvalue weighted by atomic mass is 35.5. The Kier molecular flexibility index (Phi) is 3.52. The van der Waals surface area contributed by atoms with Crippen molar-refractivity contribution >= 4 is 28.4 Å². The van der Waals surface area contributed by atoms with Crippen molar-refractivity contribution in [2.75, 3.05) is 0 Å². The summed E-state index contributed by atoms with van der Waals surface area (Å²) in [7, 11) is 0. The Hall–Kier alpha value is -2.13. The van der Waals surface area contributed by atoms with Crippen molar-refractivity contribution in [3.8, 4) is 0 Å². The van der Waals surface area contributed by atoms with Gasteiger partial charge >= 0.3 is 0 Å². The van der Waals surface area contributed by atoms with E-state index in [1.54, 1.807) is 31.2 Å². The molecule has 0 atom stereocenters. The minimum atomic E-state index is -0.344. The van der Waals surface area contributed by atoms with E-state index in [9.17, 15) is 9.18 Å². The van der Waals surface area contributed by atoms with Gasteiger partial charge in [-0.1, -0.05) is 23.7 Å². The molecule has 3 rings (SSSR count). The molecule has 106 valence electrons. The van der Waals surface area contributed by atoms with Gasteiger partial charge in [-0.2, -0.15) is 0 Å². The van der Waals surface area contributed by atoms with Crippen molar-refractivity contribution in [3.63, 3.8) is 0 Å². The fourth-order valence-electron chi connectivity index (χ4n) is 2.33. The smallest absolute Gasteiger partial charge is 0.202 e. The highest BCUT2D eigenvalue weighted by Gasteiger charge is 2.18. The predicted octanol–water partition coefficient (Wildman–Crippen LogP) is 4.96. The molecule has 0 radical (unpaired) electrons. The number of Topliss-reactive ketones (excluding diaryl/α,β-unsaturated/α-hetero) is 1. The lowest BCUT2D eigenvalue weighted by Crippen LogP contribution is -2.03. The fraction of sp³-hybridized carbons (Fsp3) is 0.118. The minimum Gasteiger partial charge on any atom is -0.453 e. The molecule has 21 heavy (non-hydrogen) atoms. The van der Waals surface area contributed by atoms with Crippen molar-refractivity contribution in [2.24, 2.45) is 0 Å². The summed E-state index contributed by atoms with van der Waals surface area (Å²) in [6.07, 6.45) is 0.223. The molecule has 1 heterocycles. The second-order valence-electron chi connectivity index (χ2n) is 4.92. The molecular weight excluding hydrogens is 291 g/mol. The van der Waals surface area contributed by atoms with Crippen LogP contribution in [0.5, 0.6) is 0 Å². The summed E-state index contributed by atoms with van der Waals surface area (Å²) in [6, 6.07) is 11.3. The van der Waals surface area contributed by atoms with E-state index in [0.717, 1.165) is 5.56 Å². The number of hydrogen-bond acceptors (Lipinski definition) is 2. The summed E-state index contributed by atoms with van der Waals surface area (Å²) >= 11 is 5.82. The highest BCUT2D eigenvalue weighted by Crippen LogP contribution is 2.27. The lowest BCUT2D eigenvalue weighted by Gasteiger charge is -2.00. The van der Waals surface area contributed by atoms with Crippen molar-refractivity contribution in [1.29, 1.82) is 0 Å². The first-order valence-electron chi connectivity index (χ1n) is 6.51. The first-order chi connectivity index (χ1) is 10.0. The molecule has 0 aliphatic rings. The molecule has 0 amide bonds. The molecular formula is C17H12ClFO2. The molecule has 3 aromatic rings. The highest BCUT2D eigenvalue weighted by molar-refractivity contribution is 6.30. The van der Waals surface area contributed by atoms with Crippen LogP contribution in [0.4, 0.5) is 4.39 Å². The van der Waals surface area contributed by atoms with Crippen LogP contribution in [0.1, 0.15) is 21.7 Å². The SMILES string of the molecule is Cc1c(C(=O)Cc2ccc(Cl)cc2)oc2ccc(F)cc12. The normalized spacial score (nSPS) is 11.0. The molecule has 0 aliphatic heterocycles. The van der Waals surface area contributed by atoms with Crippen LogP contribution in [-0.4, -0.2) is 5.78 Å². The van der Waals surface area contributed by atoms with Crippen molar-refractivity contribution < 1.29 is 13.6 Å². The van der Waals surface area contributed by atoms with E-state index in [1.807, 2.05) is 0 Å². The van der Waals surface area contributed by atoms with Gasteiger partial charge in [-0.25, -0.2) is 4.39 Å². The van der Waals surface area contributed by atoms with E-state index < -0.39 is 0 Å². The Morgan fingerprint density at radius 3 is 2.62 bits per heavy atom. The van der Waals surface area contributed by atoms with Crippen LogP contribution in [0.25, 0.3) is 11.0 Å². The number of aryl methyl sites for hydroxylation is 1.